The summed E-state index contributed by atoms with van der Waals surface area (Å²) in [7, 11) is 0. The molecule has 4 nitrogen and oxygen atoms in total. The van der Waals surface area contributed by atoms with Crippen LogP contribution in [0.1, 0.15) is 5.69 Å². The van der Waals surface area contributed by atoms with Crippen LogP contribution < -0.4 is 10.9 Å². The summed E-state index contributed by atoms with van der Waals surface area (Å²) in [5.74, 6) is 0.781. The standard InChI is InChI=1S/C11H9N3O/c15-10-4-3-8-7-2-1-5-12-9(7)6-13-11(8)14-10/h1-5H,6H2,(H2,13,14,15). The molecule has 0 aromatic carbocycles. The molecule has 1 aliphatic heterocycles. The van der Waals surface area contributed by atoms with Gasteiger partial charge in [0, 0.05) is 23.4 Å². The first-order chi connectivity index (χ1) is 7.34. The summed E-state index contributed by atoms with van der Waals surface area (Å²) >= 11 is 0. The Morgan fingerprint density at radius 3 is 3.07 bits per heavy atom. The molecule has 0 saturated heterocycles. The smallest absolute Gasteiger partial charge is 0.249 e. The van der Waals surface area contributed by atoms with Crippen molar-refractivity contribution in [1.29, 1.82) is 0 Å². The number of anilines is 1. The molecule has 0 amide bonds. The van der Waals surface area contributed by atoms with Gasteiger partial charge in [0.05, 0.1) is 12.2 Å². The fraction of sp³-hybridized carbons (Fsp3) is 0.0909. The molecule has 2 aromatic rings. The van der Waals surface area contributed by atoms with E-state index in [0.717, 1.165) is 22.6 Å². The average molecular weight is 199 g/mol. The van der Waals surface area contributed by atoms with Crippen LogP contribution in [0.3, 0.4) is 0 Å². The lowest BCUT2D eigenvalue weighted by molar-refractivity contribution is 1.01. The maximum Gasteiger partial charge on any atom is 0.249 e. The molecule has 2 aromatic heterocycles. The predicted molar refractivity (Wildman–Crippen MR) is 57.6 cm³/mol. The molecular weight excluding hydrogens is 190 g/mol. The van der Waals surface area contributed by atoms with Gasteiger partial charge in [-0.15, -0.1) is 0 Å². The van der Waals surface area contributed by atoms with Crippen molar-refractivity contribution in [3.63, 3.8) is 0 Å². The van der Waals surface area contributed by atoms with Crippen molar-refractivity contribution in [2.24, 2.45) is 0 Å². The third-order valence-corrected chi connectivity index (χ3v) is 2.53. The lowest BCUT2D eigenvalue weighted by atomic mass is 10.0. The Balaban J connectivity index is 2.30. The molecule has 0 spiro atoms. The first-order valence-corrected chi connectivity index (χ1v) is 4.76. The van der Waals surface area contributed by atoms with Crippen molar-refractivity contribution < 1.29 is 0 Å². The number of rotatable bonds is 0. The topological polar surface area (TPSA) is 57.8 Å². The van der Waals surface area contributed by atoms with Crippen LogP contribution in [-0.2, 0) is 6.54 Å². The quantitative estimate of drug-likeness (QED) is 0.673. The summed E-state index contributed by atoms with van der Waals surface area (Å²) in [4.78, 5) is 18.2. The second-order valence-electron chi connectivity index (χ2n) is 3.46. The molecule has 15 heavy (non-hydrogen) atoms. The summed E-state index contributed by atoms with van der Waals surface area (Å²) in [6.07, 6.45) is 1.77. The van der Waals surface area contributed by atoms with E-state index in [9.17, 15) is 4.79 Å². The van der Waals surface area contributed by atoms with E-state index in [-0.39, 0.29) is 5.56 Å². The van der Waals surface area contributed by atoms with E-state index >= 15 is 0 Å². The van der Waals surface area contributed by atoms with Crippen LogP contribution in [0, 0.1) is 0 Å². The summed E-state index contributed by atoms with van der Waals surface area (Å²) < 4.78 is 0. The van der Waals surface area contributed by atoms with Crippen LogP contribution in [-0.4, -0.2) is 9.97 Å². The Hall–Kier alpha value is -2.10. The van der Waals surface area contributed by atoms with Gasteiger partial charge in [0.15, 0.2) is 0 Å². The van der Waals surface area contributed by atoms with Gasteiger partial charge in [-0.1, -0.05) is 6.07 Å². The highest BCUT2D eigenvalue weighted by atomic mass is 16.1. The lowest BCUT2D eigenvalue weighted by Gasteiger charge is -2.19. The molecule has 0 bridgehead atoms. The summed E-state index contributed by atoms with van der Waals surface area (Å²) in [6.45, 7) is 0.656. The second-order valence-corrected chi connectivity index (χ2v) is 3.46. The monoisotopic (exact) mass is 199 g/mol. The van der Waals surface area contributed by atoms with E-state index in [0.29, 0.717) is 6.54 Å². The Morgan fingerprint density at radius 1 is 1.20 bits per heavy atom. The molecule has 0 atom stereocenters. The maximum atomic E-state index is 11.1. The van der Waals surface area contributed by atoms with Crippen molar-refractivity contribution in [3.8, 4) is 11.1 Å². The highest BCUT2D eigenvalue weighted by Crippen LogP contribution is 2.31. The zero-order chi connectivity index (χ0) is 10.3. The molecule has 3 heterocycles. The number of aromatic nitrogens is 2. The van der Waals surface area contributed by atoms with Crippen molar-refractivity contribution >= 4 is 5.82 Å². The molecule has 0 aliphatic carbocycles. The number of nitrogens with zero attached hydrogens (tertiary/aromatic N) is 1. The molecule has 0 saturated carbocycles. The van der Waals surface area contributed by atoms with E-state index in [2.05, 4.69) is 15.3 Å². The zero-order valence-corrected chi connectivity index (χ0v) is 7.95. The summed E-state index contributed by atoms with van der Waals surface area (Å²) in [6, 6.07) is 7.27. The number of H-pyrrole nitrogens is 1. The molecule has 1 aliphatic rings. The number of nitrogens with one attached hydrogen (secondary N) is 2. The van der Waals surface area contributed by atoms with Gasteiger partial charge in [0.2, 0.25) is 5.56 Å². The van der Waals surface area contributed by atoms with Crippen LogP contribution in [0.5, 0.6) is 0 Å². The molecule has 2 N–H and O–H groups in total. The summed E-state index contributed by atoms with van der Waals surface area (Å²) in [5, 5.41) is 3.14. The van der Waals surface area contributed by atoms with Crippen LogP contribution in [0.25, 0.3) is 11.1 Å². The van der Waals surface area contributed by atoms with Gasteiger partial charge >= 0.3 is 0 Å². The average Bonchev–Trinajstić information content (AvgIpc) is 2.28. The van der Waals surface area contributed by atoms with Gasteiger partial charge in [-0.2, -0.15) is 0 Å². The van der Waals surface area contributed by atoms with Gasteiger partial charge in [0.1, 0.15) is 5.82 Å². The number of pyridine rings is 2. The predicted octanol–water partition coefficient (Wildman–Crippen LogP) is 1.36. The first-order valence-electron chi connectivity index (χ1n) is 4.76. The number of hydrogen-bond acceptors (Lipinski definition) is 3. The number of fused-ring (bicyclic) bond motifs is 3. The normalized spacial score (nSPS) is 12.5. The van der Waals surface area contributed by atoms with Gasteiger partial charge in [0.25, 0.3) is 0 Å². The second kappa shape index (κ2) is 2.95. The molecular formula is C11H9N3O. The van der Waals surface area contributed by atoms with Crippen molar-refractivity contribution in [2.75, 3.05) is 5.32 Å². The Bertz CT molecular complexity index is 574. The van der Waals surface area contributed by atoms with E-state index in [1.165, 1.54) is 6.07 Å². The SMILES string of the molecule is O=c1ccc2c([nH]1)NCc1ncccc1-2. The fourth-order valence-electron chi connectivity index (χ4n) is 1.83. The van der Waals surface area contributed by atoms with Crippen molar-refractivity contribution in [1.82, 2.24) is 9.97 Å². The summed E-state index contributed by atoms with van der Waals surface area (Å²) in [5.41, 5.74) is 3.01. The Kier molecular flexibility index (Phi) is 1.62. The molecule has 0 radical (unpaired) electrons. The van der Waals surface area contributed by atoms with Crippen molar-refractivity contribution in [2.45, 2.75) is 6.54 Å². The van der Waals surface area contributed by atoms with Crippen LogP contribution >= 0.6 is 0 Å². The van der Waals surface area contributed by atoms with Crippen LogP contribution in [0.4, 0.5) is 5.82 Å². The first kappa shape index (κ1) is 8.23. The maximum absolute atomic E-state index is 11.1. The highest BCUT2D eigenvalue weighted by molar-refractivity contribution is 5.79. The van der Waals surface area contributed by atoms with Crippen LogP contribution in [0.2, 0.25) is 0 Å². The van der Waals surface area contributed by atoms with Gasteiger partial charge in [-0.05, 0) is 12.1 Å². The largest absolute Gasteiger partial charge is 0.365 e. The van der Waals surface area contributed by atoms with E-state index in [1.54, 1.807) is 6.20 Å². The molecule has 0 fully saturated rings. The van der Waals surface area contributed by atoms with E-state index in [4.69, 9.17) is 0 Å². The molecule has 74 valence electrons. The lowest BCUT2D eigenvalue weighted by Crippen LogP contribution is -2.15. The third kappa shape index (κ3) is 1.22. The highest BCUT2D eigenvalue weighted by Gasteiger charge is 2.15. The van der Waals surface area contributed by atoms with Gasteiger partial charge in [-0.3, -0.25) is 9.78 Å². The molecule has 3 rings (SSSR count). The fourth-order valence-corrected chi connectivity index (χ4v) is 1.83. The molecule has 4 heteroatoms. The number of aromatic amines is 1. The Labute approximate surface area is 86.0 Å². The zero-order valence-electron chi connectivity index (χ0n) is 7.95. The van der Waals surface area contributed by atoms with Crippen molar-refractivity contribution in [3.05, 3.63) is 46.5 Å². The van der Waals surface area contributed by atoms with Gasteiger partial charge < -0.3 is 10.3 Å². The minimum atomic E-state index is -0.0893. The van der Waals surface area contributed by atoms with Gasteiger partial charge in [-0.25, -0.2) is 0 Å². The third-order valence-electron chi connectivity index (χ3n) is 2.53. The molecule has 0 unspecified atom stereocenters. The Morgan fingerprint density at radius 2 is 2.13 bits per heavy atom. The number of hydrogen-bond donors (Lipinski definition) is 2. The minimum Gasteiger partial charge on any atom is -0.365 e. The minimum absolute atomic E-state index is 0.0893. The van der Waals surface area contributed by atoms with E-state index in [1.807, 2.05) is 18.2 Å². The van der Waals surface area contributed by atoms with Crippen LogP contribution in [0.15, 0.2) is 35.3 Å². The van der Waals surface area contributed by atoms with E-state index < -0.39 is 0 Å².